The molecule has 10 nitrogen and oxygen atoms in total. The molecule has 0 spiro atoms. The van der Waals surface area contributed by atoms with Crippen LogP contribution in [-0.4, -0.2) is 44.7 Å². The van der Waals surface area contributed by atoms with Crippen LogP contribution in [0.25, 0.3) is 5.69 Å². The molecular weight excluding hydrogens is 528 g/mol. The zero-order chi connectivity index (χ0) is 29.9. The molecule has 1 aliphatic rings. The number of ketones is 1. The van der Waals surface area contributed by atoms with Crippen molar-refractivity contribution in [1.82, 2.24) is 25.1 Å². The lowest BCUT2D eigenvalue weighted by atomic mass is 9.76. The molecule has 2 amide bonds. The molecule has 1 aliphatic heterocycles. The zero-order valence-corrected chi connectivity index (χ0v) is 24.5. The third kappa shape index (κ3) is 6.33. The van der Waals surface area contributed by atoms with Crippen LogP contribution in [0, 0.1) is 12.8 Å². The summed E-state index contributed by atoms with van der Waals surface area (Å²) in [5.74, 6) is -0.0632. The number of para-hydroxylation sites is 1. The number of carbonyl (C=O) groups excluding carboxylic acids is 2. The van der Waals surface area contributed by atoms with E-state index < -0.39 is 11.9 Å². The summed E-state index contributed by atoms with van der Waals surface area (Å²) >= 11 is 0. The van der Waals surface area contributed by atoms with Crippen LogP contribution in [-0.2, 0) is 5.41 Å². The highest BCUT2D eigenvalue weighted by atomic mass is 16.2. The van der Waals surface area contributed by atoms with Crippen molar-refractivity contribution in [2.24, 2.45) is 5.92 Å². The zero-order valence-electron chi connectivity index (χ0n) is 24.5. The first kappa shape index (κ1) is 28.9. The molecule has 2 aromatic heterocycles. The van der Waals surface area contributed by atoms with E-state index in [4.69, 9.17) is 10.8 Å². The Morgan fingerprint density at radius 1 is 1.00 bits per heavy atom. The lowest BCUT2D eigenvalue weighted by molar-refractivity contribution is 0.0912. The summed E-state index contributed by atoms with van der Waals surface area (Å²) in [6.07, 6.45) is 4.56. The Bertz CT molecular complexity index is 1570. The normalized spacial score (nSPS) is 14.8. The van der Waals surface area contributed by atoms with E-state index >= 15 is 0 Å². The number of aromatic nitrogens is 4. The number of piperidine rings is 1. The van der Waals surface area contributed by atoms with E-state index in [1.807, 2.05) is 61.5 Å². The van der Waals surface area contributed by atoms with E-state index in [0.717, 1.165) is 48.4 Å². The Labute approximate surface area is 246 Å². The maximum atomic E-state index is 14.0. The smallest absolute Gasteiger partial charge is 0.324 e. The van der Waals surface area contributed by atoms with Gasteiger partial charge >= 0.3 is 6.03 Å². The van der Waals surface area contributed by atoms with E-state index in [2.05, 4.69) is 46.7 Å². The number of amides is 2. The summed E-state index contributed by atoms with van der Waals surface area (Å²) in [4.78, 5) is 35.9. The number of rotatable bonds is 7. The van der Waals surface area contributed by atoms with Gasteiger partial charge in [0.05, 0.1) is 17.3 Å². The highest BCUT2D eigenvalue weighted by Gasteiger charge is 2.35. The van der Waals surface area contributed by atoms with Crippen LogP contribution >= 0.6 is 0 Å². The molecule has 3 heterocycles. The van der Waals surface area contributed by atoms with Crippen molar-refractivity contribution >= 4 is 29.1 Å². The lowest BCUT2D eigenvalue weighted by Crippen LogP contribution is -2.34. The number of carbonyl (C=O) groups is 2. The maximum absolute atomic E-state index is 14.0. The quantitative estimate of drug-likeness (QED) is 0.218. The number of hydrogen-bond donors (Lipinski definition) is 4. The number of nitrogens with two attached hydrogens (primary N) is 1. The van der Waals surface area contributed by atoms with Gasteiger partial charge in [-0.1, -0.05) is 56.7 Å². The largest absolute Gasteiger partial charge is 0.382 e. The van der Waals surface area contributed by atoms with Crippen LogP contribution in [0.4, 0.5) is 22.1 Å². The first-order valence-corrected chi connectivity index (χ1v) is 14.3. The van der Waals surface area contributed by atoms with E-state index in [9.17, 15) is 9.59 Å². The van der Waals surface area contributed by atoms with Gasteiger partial charge in [0.25, 0.3) is 0 Å². The van der Waals surface area contributed by atoms with Gasteiger partial charge in [0.1, 0.15) is 11.5 Å². The Morgan fingerprint density at radius 2 is 1.69 bits per heavy atom. The standard InChI is InChI=1S/C32H38N8O2/c1-20-9-11-22(12-10-20)40-26(19-25(39-40)32(2,3)4)38-31(42)37-24-8-6-5-7-23(24)27(21-13-15-34-16-14-21)29(41)28-30(33)36-18-17-35-28/h5-12,17-19,21,27,34H,13-16H2,1-4H3,(H2,33,36)(H2,37,38,42). The van der Waals surface area contributed by atoms with Gasteiger partial charge < -0.3 is 16.4 Å². The van der Waals surface area contributed by atoms with Gasteiger partial charge in [0.15, 0.2) is 11.6 Å². The third-order valence-electron chi connectivity index (χ3n) is 7.64. The molecule has 1 atom stereocenters. The van der Waals surface area contributed by atoms with Crippen molar-refractivity contribution in [3.8, 4) is 5.69 Å². The molecule has 2 aromatic carbocycles. The van der Waals surface area contributed by atoms with Gasteiger partial charge in [-0.2, -0.15) is 5.10 Å². The molecule has 4 aromatic rings. The van der Waals surface area contributed by atoms with Gasteiger partial charge in [-0.3, -0.25) is 10.1 Å². The summed E-state index contributed by atoms with van der Waals surface area (Å²) in [7, 11) is 0. The third-order valence-corrected chi connectivity index (χ3v) is 7.64. The molecule has 218 valence electrons. The van der Waals surface area contributed by atoms with Crippen molar-refractivity contribution in [2.45, 2.75) is 51.9 Å². The summed E-state index contributed by atoms with van der Waals surface area (Å²) < 4.78 is 1.74. The Balaban J connectivity index is 1.47. The highest BCUT2D eigenvalue weighted by molar-refractivity contribution is 6.05. The second-order valence-electron chi connectivity index (χ2n) is 11.8. The highest BCUT2D eigenvalue weighted by Crippen LogP contribution is 2.38. The minimum absolute atomic E-state index is 0.0449. The minimum atomic E-state index is -0.548. The van der Waals surface area contributed by atoms with E-state index in [1.165, 1.54) is 12.4 Å². The Morgan fingerprint density at radius 3 is 2.38 bits per heavy atom. The van der Waals surface area contributed by atoms with Crippen molar-refractivity contribution in [2.75, 3.05) is 29.5 Å². The van der Waals surface area contributed by atoms with Crippen molar-refractivity contribution in [3.63, 3.8) is 0 Å². The van der Waals surface area contributed by atoms with Crippen molar-refractivity contribution < 1.29 is 9.59 Å². The fourth-order valence-corrected chi connectivity index (χ4v) is 5.34. The average molecular weight is 567 g/mol. The van der Waals surface area contributed by atoms with Gasteiger partial charge in [-0.15, -0.1) is 0 Å². The van der Waals surface area contributed by atoms with E-state index in [0.29, 0.717) is 11.5 Å². The molecule has 0 saturated carbocycles. The second kappa shape index (κ2) is 12.1. The summed E-state index contributed by atoms with van der Waals surface area (Å²) in [6.45, 7) is 9.88. The predicted octanol–water partition coefficient (Wildman–Crippen LogP) is 5.46. The molecular formula is C32H38N8O2. The maximum Gasteiger partial charge on any atom is 0.324 e. The number of nitrogens with zero attached hydrogens (tertiary/aromatic N) is 4. The molecule has 0 radical (unpaired) electrons. The molecule has 0 bridgehead atoms. The lowest BCUT2D eigenvalue weighted by Gasteiger charge is -2.31. The van der Waals surface area contributed by atoms with Crippen LogP contribution in [0.3, 0.4) is 0 Å². The molecule has 0 aliphatic carbocycles. The number of urea groups is 1. The Kier molecular flexibility index (Phi) is 8.35. The number of Topliss-reactive ketones (excluding diaryl/α,β-unsaturated/α-hetero) is 1. The fourth-order valence-electron chi connectivity index (χ4n) is 5.34. The Hall–Kier alpha value is -4.57. The topological polar surface area (TPSA) is 140 Å². The summed E-state index contributed by atoms with van der Waals surface area (Å²) in [5.41, 5.74) is 10.1. The molecule has 1 saturated heterocycles. The van der Waals surface area contributed by atoms with Crippen LogP contribution in [0.2, 0.25) is 0 Å². The first-order valence-electron chi connectivity index (χ1n) is 14.3. The molecule has 42 heavy (non-hydrogen) atoms. The number of benzene rings is 2. The molecule has 10 heteroatoms. The molecule has 1 unspecified atom stereocenters. The average Bonchev–Trinajstić information content (AvgIpc) is 3.39. The molecule has 5 rings (SSSR count). The van der Waals surface area contributed by atoms with Gasteiger partial charge in [0, 0.05) is 29.6 Å². The summed E-state index contributed by atoms with van der Waals surface area (Å²) in [5, 5.41) is 14.2. The second-order valence-corrected chi connectivity index (χ2v) is 11.8. The van der Waals surface area contributed by atoms with Gasteiger partial charge in [0.2, 0.25) is 0 Å². The number of nitrogen functional groups attached to an aromatic ring is 1. The number of aryl methyl sites for hydroxylation is 1. The van der Waals surface area contributed by atoms with Crippen molar-refractivity contribution in [1.29, 1.82) is 0 Å². The van der Waals surface area contributed by atoms with E-state index in [-0.39, 0.29) is 28.6 Å². The predicted molar refractivity (Wildman–Crippen MR) is 165 cm³/mol. The van der Waals surface area contributed by atoms with E-state index in [1.54, 1.807) is 4.68 Å². The fraction of sp³-hybridized carbons (Fsp3) is 0.344. The van der Waals surface area contributed by atoms with Gasteiger partial charge in [-0.05, 0) is 62.5 Å². The monoisotopic (exact) mass is 566 g/mol. The minimum Gasteiger partial charge on any atom is -0.382 e. The van der Waals surface area contributed by atoms with Crippen LogP contribution in [0.15, 0.2) is 67.0 Å². The van der Waals surface area contributed by atoms with Crippen molar-refractivity contribution in [3.05, 3.63) is 89.5 Å². The number of nitrogens with one attached hydrogen (secondary N) is 3. The molecule has 5 N–H and O–H groups in total. The number of hydrogen-bond acceptors (Lipinski definition) is 7. The molecule has 1 fully saturated rings. The first-order chi connectivity index (χ1) is 20.1. The number of anilines is 3. The summed E-state index contributed by atoms with van der Waals surface area (Å²) in [6, 6.07) is 16.8. The van der Waals surface area contributed by atoms with Crippen LogP contribution in [0.1, 0.15) is 66.8 Å². The SMILES string of the molecule is Cc1ccc(-n2nc(C(C)(C)C)cc2NC(=O)Nc2ccccc2C(C(=O)c2nccnc2N)C2CCNCC2)cc1. The van der Waals surface area contributed by atoms with Crippen LogP contribution in [0.5, 0.6) is 0 Å². The van der Waals surface area contributed by atoms with Gasteiger partial charge in [-0.25, -0.2) is 19.4 Å². The van der Waals surface area contributed by atoms with Crippen LogP contribution < -0.4 is 21.7 Å².